The minimum atomic E-state index is -0.852. The number of rotatable bonds is 6. The molecular formula is C28H44O3. The molecule has 3 heteroatoms. The summed E-state index contributed by atoms with van der Waals surface area (Å²) in [4.78, 5) is 0. The predicted octanol–water partition coefficient (Wildman–Crippen LogP) is 5.56. The van der Waals surface area contributed by atoms with Gasteiger partial charge in [0.1, 0.15) is 5.60 Å². The monoisotopic (exact) mass is 428 g/mol. The molecule has 0 unspecified atom stereocenters. The lowest BCUT2D eigenvalue weighted by Gasteiger charge is -2.45. The summed E-state index contributed by atoms with van der Waals surface area (Å²) in [6.07, 6.45) is 10.6. The van der Waals surface area contributed by atoms with Crippen LogP contribution in [0.4, 0.5) is 0 Å². The van der Waals surface area contributed by atoms with E-state index in [1.54, 1.807) is 0 Å². The highest BCUT2D eigenvalue weighted by molar-refractivity contribution is 5.37. The lowest BCUT2D eigenvalue weighted by atomic mass is 9.59. The molecule has 3 nitrogen and oxygen atoms in total. The molecule has 5 atom stereocenters. The van der Waals surface area contributed by atoms with E-state index in [-0.39, 0.29) is 10.8 Å². The molecule has 31 heavy (non-hydrogen) atoms. The molecule has 2 saturated carbocycles. The number of aliphatic hydroxyl groups excluding tert-OH is 2. The van der Waals surface area contributed by atoms with Gasteiger partial charge in [-0.3, -0.25) is 0 Å². The summed E-state index contributed by atoms with van der Waals surface area (Å²) in [5, 5.41) is 30.4. The molecule has 0 aromatic heterocycles. The van der Waals surface area contributed by atoms with E-state index < -0.39 is 17.8 Å². The number of hydrogen-bond donors (Lipinski definition) is 3. The summed E-state index contributed by atoms with van der Waals surface area (Å²) in [5.74, 6) is 7.32. The molecule has 174 valence electrons. The third-order valence-corrected chi connectivity index (χ3v) is 8.77. The first-order valence-electron chi connectivity index (χ1n) is 12.0. The Morgan fingerprint density at radius 1 is 1.23 bits per heavy atom. The van der Waals surface area contributed by atoms with Crippen molar-refractivity contribution in [2.45, 2.75) is 104 Å². The number of allylic oxidation sites excluding steroid dienone is 3. The van der Waals surface area contributed by atoms with Gasteiger partial charge in [0.2, 0.25) is 0 Å². The van der Waals surface area contributed by atoms with Crippen molar-refractivity contribution in [1.29, 1.82) is 0 Å². The predicted molar refractivity (Wildman–Crippen MR) is 129 cm³/mol. The van der Waals surface area contributed by atoms with Gasteiger partial charge in [-0.2, -0.15) is 0 Å². The molecule has 0 radical (unpaired) electrons. The van der Waals surface area contributed by atoms with Crippen LogP contribution in [0.25, 0.3) is 0 Å². The highest BCUT2D eigenvalue weighted by atomic mass is 16.3. The fourth-order valence-corrected chi connectivity index (χ4v) is 5.36. The van der Waals surface area contributed by atoms with Gasteiger partial charge in [-0.05, 0) is 65.9 Å². The van der Waals surface area contributed by atoms with Crippen LogP contribution in [-0.2, 0) is 0 Å². The molecule has 2 aliphatic rings. The average Bonchev–Trinajstić information content (AvgIpc) is 2.95. The van der Waals surface area contributed by atoms with Crippen molar-refractivity contribution in [2.75, 3.05) is 0 Å². The van der Waals surface area contributed by atoms with E-state index in [0.29, 0.717) is 37.5 Å². The van der Waals surface area contributed by atoms with Crippen molar-refractivity contribution >= 4 is 0 Å². The number of aliphatic hydroxyl groups is 3. The standard InChI is InChI=1S/C28H44O3/c1-8-28(31,9-2)16-11-12-20(3)27(7)17-15-23(26(27,5)6)14-10-13-22-18-24(29)19-25(30)21(22)4/h10,13-14,20,23-25,29-31H,4,8-9,12,15,17-19H2,1-3,5-7H3/b14-10+,22-13-/t20-,23-,24-,25+,27-/m1/s1. The molecule has 2 rings (SSSR count). The zero-order valence-corrected chi connectivity index (χ0v) is 20.5. The van der Waals surface area contributed by atoms with Gasteiger partial charge >= 0.3 is 0 Å². The van der Waals surface area contributed by atoms with E-state index in [1.807, 2.05) is 19.9 Å². The molecule has 0 aromatic carbocycles. The highest BCUT2D eigenvalue weighted by Crippen LogP contribution is 2.60. The Morgan fingerprint density at radius 2 is 1.87 bits per heavy atom. The summed E-state index contributed by atoms with van der Waals surface area (Å²) in [7, 11) is 0. The Hall–Kier alpha value is -1.34. The van der Waals surface area contributed by atoms with E-state index >= 15 is 0 Å². The molecule has 0 saturated heterocycles. The van der Waals surface area contributed by atoms with Crippen molar-refractivity contribution in [2.24, 2.45) is 22.7 Å². The highest BCUT2D eigenvalue weighted by Gasteiger charge is 2.52. The molecule has 0 bridgehead atoms. The maximum absolute atomic E-state index is 10.4. The van der Waals surface area contributed by atoms with Crippen molar-refractivity contribution in [3.05, 3.63) is 36.0 Å². The molecule has 0 heterocycles. The Morgan fingerprint density at radius 3 is 2.48 bits per heavy atom. The van der Waals surface area contributed by atoms with Gasteiger partial charge in [-0.15, -0.1) is 0 Å². The molecule has 0 amide bonds. The number of hydrogen-bond acceptors (Lipinski definition) is 3. The maximum atomic E-state index is 10.4. The Labute approximate surface area is 190 Å². The average molecular weight is 429 g/mol. The van der Waals surface area contributed by atoms with Crippen molar-refractivity contribution < 1.29 is 15.3 Å². The van der Waals surface area contributed by atoms with Crippen LogP contribution >= 0.6 is 0 Å². The minimum absolute atomic E-state index is 0.123. The van der Waals surface area contributed by atoms with Crippen molar-refractivity contribution in [3.63, 3.8) is 0 Å². The Bertz CT molecular complexity index is 759. The van der Waals surface area contributed by atoms with E-state index in [2.05, 4.69) is 58.3 Å². The Balaban J connectivity index is 2.10. The van der Waals surface area contributed by atoms with Crippen LogP contribution in [0.3, 0.4) is 0 Å². The van der Waals surface area contributed by atoms with E-state index in [1.165, 1.54) is 0 Å². The van der Waals surface area contributed by atoms with E-state index in [4.69, 9.17) is 0 Å². The molecule has 0 spiro atoms. The van der Waals surface area contributed by atoms with Gasteiger partial charge in [0.25, 0.3) is 0 Å². The maximum Gasteiger partial charge on any atom is 0.125 e. The molecule has 0 aliphatic heterocycles. The van der Waals surface area contributed by atoms with E-state index in [0.717, 1.165) is 30.4 Å². The second kappa shape index (κ2) is 10.1. The van der Waals surface area contributed by atoms with E-state index in [9.17, 15) is 15.3 Å². The lowest BCUT2D eigenvalue weighted by Crippen LogP contribution is -2.38. The van der Waals surface area contributed by atoms with Gasteiger partial charge in [0.15, 0.2) is 0 Å². The zero-order valence-electron chi connectivity index (χ0n) is 20.5. The summed E-state index contributed by atoms with van der Waals surface area (Å²) in [6, 6.07) is 0. The smallest absolute Gasteiger partial charge is 0.125 e. The largest absolute Gasteiger partial charge is 0.393 e. The first kappa shape index (κ1) is 25.9. The van der Waals surface area contributed by atoms with Gasteiger partial charge in [0.05, 0.1) is 12.2 Å². The van der Waals surface area contributed by atoms with Gasteiger partial charge in [-0.25, -0.2) is 0 Å². The van der Waals surface area contributed by atoms with Crippen LogP contribution in [0.2, 0.25) is 0 Å². The minimum Gasteiger partial charge on any atom is -0.393 e. The molecular weight excluding hydrogens is 384 g/mol. The molecule has 2 fully saturated rings. The first-order chi connectivity index (χ1) is 14.4. The Kier molecular flexibility index (Phi) is 8.42. The molecule has 3 N–H and O–H groups in total. The van der Waals surface area contributed by atoms with Crippen LogP contribution in [0.1, 0.15) is 86.5 Å². The molecule has 2 aliphatic carbocycles. The quantitative estimate of drug-likeness (QED) is 0.485. The van der Waals surface area contributed by atoms with Crippen LogP contribution in [-0.4, -0.2) is 33.1 Å². The normalized spacial score (nSPS) is 33.5. The van der Waals surface area contributed by atoms with Gasteiger partial charge in [-0.1, -0.05) is 78.2 Å². The summed E-state index contributed by atoms with van der Waals surface area (Å²) < 4.78 is 0. The van der Waals surface area contributed by atoms with Crippen LogP contribution in [0.5, 0.6) is 0 Å². The summed E-state index contributed by atoms with van der Waals surface area (Å²) >= 11 is 0. The van der Waals surface area contributed by atoms with Crippen LogP contribution < -0.4 is 0 Å². The SMILES string of the molecule is C=C1/C(=C\C=C\[C@@H]2CC[C@](C)([C@H](C)CC#CC(O)(CC)CC)C2(C)C)C[C@@H](O)C[C@@H]1O. The fourth-order valence-electron chi connectivity index (χ4n) is 5.36. The first-order valence-corrected chi connectivity index (χ1v) is 12.0. The van der Waals surface area contributed by atoms with Crippen molar-refractivity contribution in [1.82, 2.24) is 0 Å². The molecule has 0 aromatic rings. The lowest BCUT2D eigenvalue weighted by molar-refractivity contribution is 0.0475. The second-order valence-electron chi connectivity index (χ2n) is 10.6. The second-order valence-corrected chi connectivity index (χ2v) is 10.6. The third kappa shape index (κ3) is 5.54. The summed E-state index contributed by atoms with van der Waals surface area (Å²) in [6.45, 7) is 17.4. The van der Waals surface area contributed by atoms with Crippen molar-refractivity contribution in [3.8, 4) is 11.8 Å². The fraction of sp³-hybridized carbons (Fsp3) is 0.714. The summed E-state index contributed by atoms with van der Waals surface area (Å²) in [5.41, 5.74) is 1.12. The third-order valence-electron chi connectivity index (χ3n) is 8.77. The van der Waals surface area contributed by atoms with Gasteiger partial charge in [0, 0.05) is 12.8 Å². The topological polar surface area (TPSA) is 60.7 Å². The van der Waals surface area contributed by atoms with Crippen LogP contribution in [0, 0.1) is 34.5 Å². The van der Waals surface area contributed by atoms with Gasteiger partial charge < -0.3 is 15.3 Å². The van der Waals surface area contributed by atoms with Crippen LogP contribution in [0.15, 0.2) is 36.0 Å². The zero-order chi connectivity index (χ0) is 23.4.